The number of aromatic nitrogens is 1. The van der Waals surface area contributed by atoms with Crippen LogP contribution in [-0.2, 0) is 0 Å². The Balaban J connectivity index is 1.80. The molecule has 110 valence electrons. The fraction of sp³-hybridized carbons (Fsp3) is 0.412. The molecule has 0 saturated carbocycles. The fourth-order valence-corrected chi connectivity index (χ4v) is 3.23. The number of benzene rings is 1. The van der Waals surface area contributed by atoms with Gasteiger partial charge < -0.3 is 10.2 Å². The maximum atomic E-state index is 12.5. The summed E-state index contributed by atoms with van der Waals surface area (Å²) in [4.78, 5) is 18.8. The van der Waals surface area contributed by atoms with Crippen LogP contribution in [0.1, 0.15) is 20.3 Å². The van der Waals surface area contributed by atoms with Crippen LogP contribution in [0.5, 0.6) is 0 Å². The molecule has 1 aromatic heterocycles. The average Bonchev–Trinajstić information content (AvgIpc) is 2.46. The number of para-hydroxylation sites is 1. The van der Waals surface area contributed by atoms with Gasteiger partial charge in [-0.3, -0.25) is 4.98 Å². The molecule has 0 aliphatic carbocycles. The third kappa shape index (κ3) is 2.99. The zero-order valence-corrected chi connectivity index (χ0v) is 12.5. The Kier molecular flexibility index (Phi) is 3.78. The number of hydrogen-bond acceptors (Lipinski definition) is 2. The van der Waals surface area contributed by atoms with E-state index in [2.05, 4.69) is 24.1 Å². The number of fused-ring (bicyclic) bond motifs is 1. The lowest BCUT2D eigenvalue weighted by Crippen LogP contribution is -2.44. The van der Waals surface area contributed by atoms with Gasteiger partial charge in [-0.25, -0.2) is 4.79 Å². The summed E-state index contributed by atoms with van der Waals surface area (Å²) >= 11 is 0. The van der Waals surface area contributed by atoms with Gasteiger partial charge in [-0.2, -0.15) is 0 Å². The van der Waals surface area contributed by atoms with E-state index >= 15 is 0 Å². The number of amides is 2. The molecule has 0 unspecified atom stereocenters. The molecule has 0 bridgehead atoms. The van der Waals surface area contributed by atoms with Crippen LogP contribution >= 0.6 is 0 Å². The highest BCUT2D eigenvalue weighted by Crippen LogP contribution is 2.24. The molecule has 2 atom stereocenters. The number of urea groups is 1. The van der Waals surface area contributed by atoms with Gasteiger partial charge in [-0.1, -0.05) is 32.0 Å². The van der Waals surface area contributed by atoms with Crippen LogP contribution in [0.15, 0.2) is 36.5 Å². The predicted molar refractivity (Wildman–Crippen MR) is 85.3 cm³/mol. The summed E-state index contributed by atoms with van der Waals surface area (Å²) in [5.74, 6) is 1.12. The first-order valence-corrected chi connectivity index (χ1v) is 7.53. The summed E-state index contributed by atoms with van der Waals surface area (Å²) in [5.41, 5.74) is 1.62. The number of carbonyl (C=O) groups excluding carboxylic acids is 1. The van der Waals surface area contributed by atoms with Crippen LogP contribution in [-0.4, -0.2) is 29.0 Å². The van der Waals surface area contributed by atoms with Gasteiger partial charge in [0.05, 0.1) is 11.2 Å². The molecule has 3 rings (SSSR count). The van der Waals surface area contributed by atoms with Gasteiger partial charge >= 0.3 is 6.03 Å². The standard InChI is InChI=1S/C17H21N3O/c1-12-9-13(2)11-20(10-12)17(21)19-15-7-3-5-14-6-4-8-18-16(14)15/h3-8,12-13H,9-11H2,1-2H3,(H,19,21)/t12-,13-/m0/s1. The van der Waals surface area contributed by atoms with Crippen molar-refractivity contribution in [2.75, 3.05) is 18.4 Å². The van der Waals surface area contributed by atoms with Gasteiger partial charge in [-0.05, 0) is 30.4 Å². The van der Waals surface area contributed by atoms with Crippen LogP contribution in [0.25, 0.3) is 10.9 Å². The van der Waals surface area contributed by atoms with Gasteiger partial charge in [0.2, 0.25) is 0 Å². The normalized spacial score (nSPS) is 22.3. The van der Waals surface area contributed by atoms with Crippen molar-refractivity contribution < 1.29 is 4.79 Å². The lowest BCUT2D eigenvalue weighted by molar-refractivity contribution is 0.156. The molecule has 2 heterocycles. The number of likely N-dealkylation sites (tertiary alicyclic amines) is 1. The molecule has 4 nitrogen and oxygen atoms in total. The quantitative estimate of drug-likeness (QED) is 0.866. The molecule has 4 heteroatoms. The van der Waals surface area contributed by atoms with Gasteiger partial charge in [-0.15, -0.1) is 0 Å². The number of rotatable bonds is 1. The van der Waals surface area contributed by atoms with Gasteiger partial charge in [0, 0.05) is 24.7 Å². The van der Waals surface area contributed by atoms with Crippen LogP contribution in [0.3, 0.4) is 0 Å². The van der Waals surface area contributed by atoms with E-state index in [9.17, 15) is 4.79 Å². The minimum absolute atomic E-state index is 0.0217. The van der Waals surface area contributed by atoms with E-state index in [1.807, 2.05) is 35.2 Å². The minimum Gasteiger partial charge on any atom is -0.324 e. The lowest BCUT2D eigenvalue weighted by atomic mass is 9.92. The van der Waals surface area contributed by atoms with Crippen molar-refractivity contribution in [3.05, 3.63) is 36.5 Å². The Morgan fingerprint density at radius 1 is 1.19 bits per heavy atom. The fourth-order valence-electron chi connectivity index (χ4n) is 3.23. The molecule has 2 aromatic rings. The molecule has 1 saturated heterocycles. The van der Waals surface area contributed by atoms with Crippen LogP contribution in [0.4, 0.5) is 10.5 Å². The van der Waals surface area contributed by atoms with Crippen LogP contribution < -0.4 is 5.32 Å². The highest BCUT2D eigenvalue weighted by Gasteiger charge is 2.25. The van der Waals surface area contributed by atoms with E-state index in [1.165, 1.54) is 6.42 Å². The second kappa shape index (κ2) is 5.72. The Bertz CT molecular complexity index is 640. The highest BCUT2D eigenvalue weighted by atomic mass is 16.2. The summed E-state index contributed by atoms with van der Waals surface area (Å²) in [5, 5.41) is 4.06. The molecule has 1 aliphatic heterocycles. The Morgan fingerprint density at radius 2 is 1.90 bits per heavy atom. The number of anilines is 1. The third-order valence-electron chi connectivity index (χ3n) is 4.03. The van der Waals surface area contributed by atoms with Crippen molar-refractivity contribution in [3.63, 3.8) is 0 Å². The second-order valence-electron chi connectivity index (χ2n) is 6.16. The first-order valence-electron chi connectivity index (χ1n) is 7.53. The largest absolute Gasteiger partial charge is 0.324 e. The maximum absolute atomic E-state index is 12.5. The van der Waals surface area contributed by atoms with Crippen molar-refractivity contribution in [2.24, 2.45) is 11.8 Å². The lowest BCUT2D eigenvalue weighted by Gasteiger charge is -2.34. The van der Waals surface area contributed by atoms with Crippen molar-refractivity contribution in [2.45, 2.75) is 20.3 Å². The minimum atomic E-state index is -0.0217. The van der Waals surface area contributed by atoms with E-state index in [0.717, 1.165) is 29.7 Å². The summed E-state index contributed by atoms with van der Waals surface area (Å²) in [6, 6.07) is 9.74. The van der Waals surface area contributed by atoms with E-state index in [1.54, 1.807) is 6.20 Å². The molecule has 1 N–H and O–H groups in total. The predicted octanol–water partition coefficient (Wildman–Crippen LogP) is 3.74. The van der Waals surface area contributed by atoms with Crippen molar-refractivity contribution >= 4 is 22.6 Å². The molecule has 1 fully saturated rings. The number of piperidine rings is 1. The molecule has 1 aliphatic rings. The summed E-state index contributed by atoms with van der Waals surface area (Å²) in [6.07, 6.45) is 2.95. The number of hydrogen-bond donors (Lipinski definition) is 1. The molecule has 0 radical (unpaired) electrons. The van der Waals surface area contributed by atoms with E-state index in [0.29, 0.717) is 11.8 Å². The van der Waals surface area contributed by atoms with Crippen LogP contribution in [0.2, 0.25) is 0 Å². The van der Waals surface area contributed by atoms with Gasteiger partial charge in [0.1, 0.15) is 0 Å². The Hall–Kier alpha value is -2.10. The third-order valence-corrected chi connectivity index (χ3v) is 4.03. The second-order valence-corrected chi connectivity index (χ2v) is 6.16. The average molecular weight is 283 g/mol. The highest BCUT2D eigenvalue weighted by molar-refractivity contribution is 5.99. The zero-order chi connectivity index (χ0) is 14.8. The SMILES string of the molecule is C[C@H]1C[C@H](C)CN(C(=O)Nc2cccc3cccnc23)C1. The molecule has 21 heavy (non-hydrogen) atoms. The van der Waals surface area contributed by atoms with Crippen molar-refractivity contribution in [1.82, 2.24) is 9.88 Å². The van der Waals surface area contributed by atoms with E-state index < -0.39 is 0 Å². The maximum Gasteiger partial charge on any atom is 0.321 e. The molecular formula is C17H21N3O. The van der Waals surface area contributed by atoms with E-state index in [4.69, 9.17) is 0 Å². The monoisotopic (exact) mass is 283 g/mol. The Morgan fingerprint density at radius 3 is 2.67 bits per heavy atom. The topological polar surface area (TPSA) is 45.2 Å². The molecule has 0 spiro atoms. The van der Waals surface area contributed by atoms with Crippen LogP contribution in [0, 0.1) is 11.8 Å². The summed E-state index contributed by atoms with van der Waals surface area (Å²) < 4.78 is 0. The van der Waals surface area contributed by atoms with E-state index in [-0.39, 0.29) is 6.03 Å². The number of carbonyl (C=O) groups is 1. The zero-order valence-electron chi connectivity index (χ0n) is 12.5. The smallest absolute Gasteiger partial charge is 0.321 e. The first-order chi connectivity index (χ1) is 10.1. The number of pyridine rings is 1. The summed E-state index contributed by atoms with van der Waals surface area (Å²) in [7, 11) is 0. The van der Waals surface area contributed by atoms with Crippen molar-refractivity contribution in [3.8, 4) is 0 Å². The van der Waals surface area contributed by atoms with Crippen molar-refractivity contribution in [1.29, 1.82) is 0 Å². The summed E-state index contributed by atoms with van der Waals surface area (Å²) in [6.45, 7) is 6.06. The Labute approximate surface area is 125 Å². The number of nitrogens with one attached hydrogen (secondary N) is 1. The molecule has 2 amide bonds. The molecular weight excluding hydrogens is 262 g/mol. The van der Waals surface area contributed by atoms with Gasteiger partial charge in [0.15, 0.2) is 0 Å². The molecule has 1 aromatic carbocycles. The van der Waals surface area contributed by atoms with Gasteiger partial charge in [0.25, 0.3) is 0 Å². The first kappa shape index (κ1) is 13.9. The number of nitrogens with zero attached hydrogens (tertiary/aromatic N) is 2.